The number of nitrogens with one attached hydrogen (secondary N) is 2. The molecule has 0 saturated heterocycles. The Morgan fingerprint density at radius 2 is 1.65 bits per heavy atom. The molecule has 120 valence electrons. The summed E-state index contributed by atoms with van der Waals surface area (Å²) in [6.45, 7) is -0.0272. The Labute approximate surface area is 142 Å². The molecule has 2 amide bonds. The van der Waals surface area contributed by atoms with Crippen LogP contribution in [-0.4, -0.2) is 30.5 Å². The third kappa shape index (κ3) is 4.92. The summed E-state index contributed by atoms with van der Waals surface area (Å²) in [5, 5.41) is 5.57. The molecule has 2 aromatic rings. The predicted molar refractivity (Wildman–Crippen MR) is 89.2 cm³/mol. The SMILES string of the molecule is COCC(=O)Nc1ccc(NC(=O)c2ccc(Cl)nc2Cl)cc1. The highest BCUT2D eigenvalue weighted by Gasteiger charge is 2.12. The maximum absolute atomic E-state index is 12.1. The molecule has 1 aromatic carbocycles. The fourth-order valence-corrected chi connectivity index (χ4v) is 2.18. The van der Waals surface area contributed by atoms with Crippen molar-refractivity contribution in [2.45, 2.75) is 0 Å². The highest BCUT2D eigenvalue weighted by Crippen LogP contribution is 2.19. The molecule has 0 radical (unpaired) electrons. The molecule has 0 spiro atoms. The molecule has 23 heavy (non-hydrogen) atoms. The number of carbonyl (C=O) groups is 2. The van der Waals surface area contributed by atoms with Gasteiger partial charge in [0.05, 0.1) is 5.56 Å². The van der Waals surface area contributed by atoms with Crippen LogP contribution in [-0.2, 0) is 9.53 Å². The molecule has 0 aliphatic rings. The molecule has 0 saturated carbocycles. The first-order valence-electron chi connectivity index (χ1n) is 6.52. The number of halogens is 2. The first-order valence-corrected chi connectivity index (χ1v) is 7.27. The van der Waals surface area contributed by atoms with Crippen molar-refractivity contribution in [1.82, 2.24) is 4.98 Å². The highest BCUT2D eigenvalue weighted by molar-refractivity contribution is 6.35. The van der Waals surface area contributed by atoms with Gasteiger partial charge in [-0.25, -0.2) is 4.98 Å². The Bertz CT molecular complexity index is 720. The van der Waals surface area contributed by atoms with E-state index in [0.29, 0.717) is 11.4 Å². The second-order valence-electron chi connectivity index (χ2n) is 4.49. The average Bonchev–Trinajstić information content (AvgIpc) is 2.49. The molecule has 6 nitrogen and oxygen atoms in total. The number of pyridine rings is 1. The molecule has 2 N–H and O–H groups in total. The van der Waals surface area contributed by atoms with Crippen molar-refractivity contribution in [3.8, 4) is 0 Å². The summed E-state index contributed by atoms with van der Waals surface area (Å²) >= 11 is 11.6. The van der Waals surface area contributed by atoms with Crippen molar-refractivity contribution in [3.05, 3.63) is 52.3 Å². The number of carbonyl (C=O) groups excluding carboxylic acids is 2. The number of rotatable bonds is 5. The summed E-state index contributed by atoms with van der Waals surface area (Å²) in [4.78, 5) is 27.3. The van der Waals surface area contributed by atoms with Crippen molar-refractivity contribution >= 4 is 46.4 Å². The molecule has 1 aromatic heterocycles. The van der Waals surface area contributed by atoms with E-state index in [1.807, 2.05) is 0 Å². The molecule has 0 bridgehead atoms. The van der Waals surface area contributed by atoms with E-state index >= 15 is 0 Å². The van der Waals surface area contributed by atoms with E-state index in [9.17, 15) is 9.59 Å². The lowest BCUT2D eigenvalue weighted by Gasteiger charge is -2.08. The first-order chi connectivity index (χ1) is 11.0. The van der Waals surface area contributed by atoms with Crippen LogP contribution in [0.2, 0.25) is 10.3 Å². The van der Waals surface area contributed by atoms with Crippen molar-refractivity contribution in [2.24, 2.45) is 0 Å². The third-order valence-corrected chi connectivity index (χ3v) is 3.26. The molecule has 0 aliphatic heterocycles. The number of methoxy groups -OCH3 is 1. The number of hydrogen-bond donors (Lipinski definition) is 2. The van der Waals surface area contributed by atoms with E-state index < -0.39 is 5.91 Å². The van der Waals surface area contributed by atoms with E-state index in [2.05, 4.69) is 15.6 Å². The zero-order valence-electron chi connectivity index (χ0n) is 12.1. The number of aromatic nitrogens is 1. The van der Waals surface area contributed by atoms with Crippen molar-refractivity contribution in [2.75, 3.05) is 24.4 Å². The molecular formula is C15H13Cl2N3O3. The minimum Gasteiger partial charge on any atom is -0.375 e. The molecule has 0 aliphatic carbocycles. The van der Waals surface area contributed by atoms with Gasteiger partial charge in [-0.05, 0) is 36.4 Å². The van der Waals surface area contributed by atoms with Crippen LogP contribution in [0.5, 0.6) is 0 Å². The maximum atomic E-state index is 12.1. The van der Waals surface area contributed by atoms with Gasteiger partial charge in [-0.3, -0.25) is 9.59 Å². The number of hydrogen-bond acceptors (Lipinski definition) is 4. The van der Waals surface area contributed by atoms with Gasteiger partial charge >= 0.3 is 0 Å². The van der Waals surface area contributed by atoms with Crippen molar-refractivity contribution in [3.63, 3.8) is 0 Å². The van der Waals surface area contributed by atoms with Gasteiger partial charge < -0.3 is 15.4 Å². The average molecular weight is 354 g/mol. The zero-order valence-corrected chi connectivity index (χ0v) is 13.6. The van der Waals surface area contributed by atoms with Gasteiger partial charge in [-0.15, -0.1) is 0 Å². The van der Waals surface area contributed by atoms with E-state index in [-0.39, 0.29) is 28.4 Å². The molecule has 0 atom stereocenters. The van der Waals surface area contributed by atoms with Crippen LogP contribution < -0.4 is 10.6 Å². The Hall–Kier alpha value is -2.15. The largest absolute Gasteiger partial charge is 0.375 e. The summed E-state index contributed by atoms with van der Waals surface area (Å²) in [7, 11) is 1.44. The lowest BCUT2D eigenvalue weighted by atomic mass is 10.2. The molecular weight excluding hydrogens is 341 g/mol. The maximum Gasteiger partial charge on any atom is 0.258 e. The number of amides is 2. The van der Waals surface area contributed by atoms with Gasteiger partial charge in [0.15, 0.2) is 0 Å². The monoisotopic (exact) mass is 353 g/mol. The predicted octanol–water partition coefficient (Wildman–Crippen LogP) is 3.23. The van der Waals surface area contributed by atoms with Crippen LogP contribution in [0, 0.1) is 0 Å². The molecule has 2 rings (SSSR count). The summed E-state index contributed by atoms with van der Waals surface area (Å²) in [5.74, 6) is -0.668. The molecule has 1 heterocycles. The number of anilines is 2. The standard InChI is InChI=1S/C15H13Cl2N3O3/c1-23-8-13(21)18-9-2-4-10(5-3-9)19-15(22)11-6-7-12(16)20-14(11)17/h2-7H,8H2,1H3,(H,18,21)(H,19,22). The fraction of sp³-hybridized carbons (Fsp3) is 0.133. The summed E-state index contributed by atoms with van der Waals surface area (Å²) in [6.07, 6.45) is 0. The smallest absolute Gasteiger partial charge is 0.258 e. The van der Waals surface area contributed by atoms with Crippen LogP contribution in [0.3, 0.4) is 0 Å². The number of benzene rings is 1. The Kier molecular flexibility index (Phi) is 5.92. The van der Waals surface area contributed by atoms with Gasteiger partial charge in [0, 0.05) is 18.5 Å². The van der Waals surface area contributed by atoms with Gasteiger partial charge in [-0.1, -0.05) is 23.2 Å². The van der Waals surface area contributed by atoms with E-state index in [1.54, 1.807) is 24.3 Å². The van der Waals surface area contributed by atoms with Crippen LogP contribution in [0.25, 0.3) is 0 Å². The van der Waals surface area contributed by atoms with Gasteiger partial charge in [0.2, 0.25) is 5.91 Å². The first kappa shape index (κ1) is 17.2. The minimum atomic E-state index is -0.407. The molecule has 0 fully saturated rings. The Balaban J connectivity index is 2.03. The number of nitrogens with zero attached hydrogens (tertiary/aromatic N) is 1. The second kappa shape index (κ2) is 7.92. The van der Waals surface area contributed by atoms with E-state index in [4.69, 9.17) is 27.9 Å². The summed E-state index contributed by atoms with van der Waals surface area (Å²) in [6, 6.07) is 9.59. The van der Waals surface area contributed by atoms with Crippen LogP contribution in [0.4, 0.5) is 11.4 Å². The lowest BCUT2D eigenvalue weighted by molar-refractivity contribution is -0.119. The topological polar surface area (TPSA) is 80.3 Å². The summed E-state index contributed by atoms with van der Waals surface area (Å²) < 4.78 is 4.72. The van der Waals surface area contributed by atoms with Crippen molar-refractivity contribution in [1.29, 1.82) is 0 Å². The van der Waals surface area contributed by atoms with E-state index in [0.717, 1.165) is 0 Å². The van der Waals surface area contributed by atoms with Crippen LogP contribution in [0.15, 0.2) is 36.4 Å². The normalized spacial score (nSPS) is 10.2. The zero-order chi connectivity index (χ0) is 16.8. The Morgan fingerprint density at radius 3 is 2.22 bits per heavy atom. The minimum absolute atomic E-state index is 0.0263. The van der Waals surface area contributed by atoms with Crippen molar-refractivity contribution < 1.29 is 14.3 Å². The molecule has 8 heteroatoms. The second-order valence-corrected chi connectivity index (χ2v) is 5.23. The lowest BCUT2D eigenvalue weighted by Crippen LogP contribution is -2.17. The quantitative estimate of drug-likeness (QED) is 0.808. The van der Waals surface area contributed by atoms with Gasteiger partial charge in [0.1, 0.15) is 16.9 Å². The van der Waals surface area contributed by atoms with Gasteiger partial charge in [-0.2, -0.15) is 0 Å². The van der Waals surface area contributed by atoms with E-state index in [1.165, 1.54) is 19.2 Å². The third-order valence-electron chi connectivity index (χ3n) is 2.76. The molecule has 0 unspecified atom stereocenters. The summed E-state index contributed by atoms with van der Waals surface area (Å²) in [5.41, 5.74) is 1.36. The van der Waals surface area contributed by atoms with Crippen LogP contribution in [0.1, 0.15) is 10.4 Å². The van der Waals surface area contributed by atoms with Gasteiger partial charge in [0.25, 0.3) is 5.91 Å². The highest BCUT2D eigenvalue weighted by atomic mass is 35.5. The Morgan fingerprint density at radius 1 is 1.04 bits per heavy atom. The van der Waals surface area contributed by atoms with Crippen LogP contribution >= 0.6 is 23.2 Å². The fourth-order valence-electron chi connectivity index (χ4n) is 1.74. The number of ether oxygens (including phenoxy) is 1.